The summed E-state index contributed by atoms with van der Waals surface area (Å²) < 4.78 is 0. The van der Waals surface area contributed by atoms with Gasteiger partial charge in [-0.1, -0.05) is 26.2 Å². The second-order valence-corrected chi connectivity index (χ2v) is 5.61. The minimum Gasteiger partial charge on any atom is -0.380 e. The molecular formula is C16H27N3. The first-order valence-electron chi connectivity index (χ1n) is 7.77. The third-order valence-electron chi connectivity index (χ3n) is 3.83. The lowest BCUT2D eigenvalue weighted by Gasteiger charge is -2.23. The molecule has 0 aliphatic carbocycles. The Hall–Kier alpha value is -1.25. The number of anilines is 2. The van der Waals surface area contributed by atoms with Gasteiger partial charge < -0.3 is 10.2 Å². The molecule has 106 valence electrons. The van der Waals surface area contributed by atoms with E-state index in [9.17, 15) is 0 Å². The first-order valence-corrected chi connectivity index (χ1v) is 7.77. The minimum atomic E-state index is 0.525. The summed E-state index contributed by atoms with van der Waals surface area (Å²) in [6, 6.07) is 4.72. The van der Waals surface area contributed by atoms with Gasteiger partial charge in [-0.15, -0.1) is 0 Å². The van der Waals surface area contributed by atoms with Crippen LogP contribution in [0.15, 0.2) is 18.3 Å². The van der Waals surface area contributed by atoms with Crippen molar-refractivity contribution in [3.8, 4) is 0 Å². The normalized spacial score (nSPS) is 16.6. The third kappa shape index (κ3) is 4.12. The molecule has 1 aliphatic rings. The molecule has 1 atom stereocenters. The summed E-state index contributed by atoms with van der Waals surface area (Å²) in [7, 11) is 0. The topological polar surface area (TPSA) is 28.2 Å². The number of nitrogens with zero attached hydrogens (tertiary/aromatic N) is 2. The maximum absolute atomic E-state index is 4.57. The van der Waals surface area contributed by atoms with E-state index in [0.29, 0.717) is 6.04 Å². The summed E-state index contributed by atoms with van der Waals surface area (Å²) in [5.41, 5.74) is 1.20. The fourth-order valence-corrected chi connectivity index (χ4v) is 2.73. The van der Waals surface area contributed by atoms with Crippen LogP contribution in [0.4, 0.5) is 11.5 Å². The van der Waals surface area contributed by atoms with Crippen molar-refractivity contribution in [3.63, 3.8) is 0 Å². The molecule has 1 saturated heterocycles. The van der Waals surface area contributed by atoms with Crippen molar-refractivity contribution in [1.82, 2.24) is 4.98 Å². The van der Waals surface area contributed by atoms with Crippen molar-refractivity contribution in [3.05, 3.63) is 18.3 Å². The number of pyridine rings is 1. The Morgan fingerprint density at radius 3 is 2.84 bits per heavy atom. The predicted octanol–water partition coefficient (Wildman–Crippen LogP) is 4.06. The number of aromatic nitrogens is 1. The van der Waals surface area contributed by atoms with Crippen LogP contribution in [-0.4, -0.2) is 24.1 Å². The second-order valence-electron chi connectivity index (χ2n) is 5.61. The van der Waals surface area contributed by atoms with Gasteiger partial charge >= 0.3 is 0 Å². The zero-order valence-electron chi connectivity index (χ0n) is 12.4. The number of unbranched alkanes of at least 4 members (excludes halogenated alkanes) is 2. The van der Waals surface area contributed by atoms with Crippen LogP contribution in [0.3, 0.4) is 0 Å². The molecule has 0 amide bonds. The van der Waals surface area contributed by atoms with Crippen molar-refractivity contribution < 1.29 is 0 Å². The Morgan fingerprint density at radius 1 is 1.32 bits per heavy atom. The standard InChI is InChI=1S/C16H27N3/c1-3-4-5-9-14(2)18-15-10-8-11-17-16(15)19-12-6-7-13-19/h8,10-11,14,18H,3-7,9,12-13H2,1-2H3. The van der Waals surface area contributed by atoms with Crippen LogP contribution in [0, 0.1) is 0 Å². The van der Waals surface area contributed by atoms with Gasteiger partial charge in [0.1, 0.15) is 0 Å². The van der Waals surface area contributed by atoms with Gasteiger partial charge in [0.15, 0.2) is 5.82 Å². The molecule has 2 heterocycles. The van der Waals surface area contributed by atoms with E-state index >= 15 is 0 Å². The highest BCUT2D eigenvalue weighted by atomic mass is 15.2. The molecule has 0 aromatic carbocycles. The van der Waals surface area contributed by atoms with Crippen LogP contribution in [0.2, 0.25) is 0 Å². The fourth-order valence-electron chi connectivity index (χ4n) is 2.73. The number of hydrogen-bond acceptors (Lipinski definition) is 3. The van der Waals surface area contributed by atoms with E-state index in [-0.39, 0.29) is 0 Å². The first-order chi connectivity index (χ1) is 9.31. The third-order valence-corrected chi connectivity index (χ3v) is 3.83. The monoisotopic (exact) mass is 261 g/mol. The van der Waals surface area contributed by atoms with E-state index in [1.54, 1.807) is 0 Å². The summed E-state index contributed by atoms with van der Waals surface area (Å²) in [4.78, 5) is 6.98. The summed E-state index contributed by atoms with van der Waals surface area (Å²) in [5.74, 6) is 1.14. The van der Waals surface area contributed by atoms with E-state index in [0.717, 1.165) is 18.9 Å². The fraction of sp³-hybridized carbons (Fsp3) is 0.688. The van der Waals surface area contributed by atoms with Crippen LogP contribution in [0.1, 0.15) is 52.4 Å². The van der Waals surface area contributed by atoms with Crippen molar-refractivity contribution in [1.29, 1.82) is 0 Å². The molecule has 1 N–H and O–H groups in total. The molecule has 1 aliphatic heterocycles. The van der Waals surface area contributed by atoms with Gasteiger partial charge in [0.2, 0.25) is 0 Å². The average Bonchev–Trinajstić information content (AvgIpc) is 2.93. The zero-order chi connectivity index (χ0) is 13.5. The molecule has 0 bridgehead atoms. The van der Waals surface area contributed by atoms with Crippen LogP contribution < -0.4 is 10.2 Å². The van der Waals surface area contributed by atoms with Crippen LogP contribution in [0.5, 0.6) is 0 Å². The molecular weight excluding hydrogens is 234 g/mol. The minimum absolute atomic E-state index is 0.525. The van der Waals surface area contributed by atoms with E-state index < -0.39 is 0 Å². The highest BCUT2D eigenvalue weighted by Gasteiger charge is 2.17. The van der Waals surface area contributed by atoms with Crippen molar-refractivity contribution >= 4 is 11.5 Å². The van der Waals surface area contributed by atoms with Crippen molar-refractivity contribution in [2.24, 2.45) is 0 Å². The van der Waals surface area contributed by atoms with Gasteiger partial charge in [0, 0.05) is 25.3 Å². The van der Waals surface area contributed by atoms with E-state index in [4.69, 9.17) is 0 Å². The molecule has 2 rings (SSSR count). The number of hydrogen-bond donors (Lipinski definition) is 1. The van der Waals surface area contributed by atoms with E-state index in [2.05, 4.69) is 35.1 Å². The number of rotatable bonds is 7. The Morgan fingerprint density at radius 2 is 2.11 bits per heavy atom. The van der Waals surface area contributed by atoms with Gasteiger partial charge in [-0.25, -0.2) is 4.98 Å². The molecule has 1 aromatic heterocycles. The lowest BCUT2D eigenvalue weighted by Crippen LogP contribution is -2.23. The Bertz CT molecular complexity index is 372. The van der Waals surface area contributed by atoms with Crippen LogP contribution in [-0.2, 0) is 0 Å². The van der Waals surface area contributed by atoms with E-state index in [1.807, 2.05) is 12.3 Å². The molecule has 0 spiro atoms. The van der Waals surface area contributed by atoms with Crippen LogP contribution in [0.25, 0.3) is 0 Å². The van der Waals surface area contributed by atoms with Gasteiger partial charge in [-0.3, -0.25) is 0 Å². The second kappa shape index (κ2) is 7.37. The molecule has 19 heavy (non-hydrogen) atoms. The lowest BCUT2D eigenvalue weighted by atomic mass is 10.1. The van der Waals surface area contributed by atoms with E-state index in [1.165, 1.54) is 44.2 Å². The van der Waals surface area contributed by atoms with Gasteiger partial charge in [0.05, 0.1) is 5.69 Å². The molecule has 1 unspecified atom stereocenters. The van der Waals surface area contributed by atoms with Crippen molar-refractivity contribution in [2.45, 2.75) is 58.4 Å². The van der Waals surface area contributed by atoms with Gasteiger partial charge in [0.25, 0.3) is 0 Å². The smallest absolute Gasteiger partial charge is 0.151 e. The Kier molecular flexibility index (Phi) is 5.49. The predicted molar refractivity (Wildman–Crippen MR) is 82.9 cm³/mol. The maximum Gasteiger partial charge on any atom is 0.151 e. The SMILES string of the molecule is CCCCCC(C)Nc1cccnc1N1CCCC1. The van der Waals surface area contributed by atoms with Crippen LogP contribution >= 0.6 is 0 Å². The first kappa shape index (κ1) is 14.2. The maximum atomic E-state index is 4.57. The Labute approximate surface area is 117 Å². The quantitative estimate of drug-likeness (QED) is 0.750. The highest BCUT2D eigenvalue weighted by molar-refractivity contribution is 5.66. The summed E-state index contributed by atoms with van der Waals surface area (Å²) >= 11 is 0. The zero-order valence-corrected chi connectivity index (χ0v) is 12.4. The molecule has 0 radical (unpaired) electrons. The molecule has 0 saturated carbocycles. The molecule has 1 fully saturated rings. The van der Waals surface area contributed by atoms with Crippen molar-refractivity contribution in [2.75, 3.05) is 23.3 Å². The summed E-state index contributed by atoms with van der Waals surface area (Å²) in [6.45, 7) is 6.83. The molecule has 3 nitrogen and oxygen atoms in total. The highest BCUT2D eigenvalue weighted by Crippen LogP contribution is 2.27. The molecule has 1 aromatic rings. The lowest BCUT2D eigenvalue weighted by molar-refractivity contribution is 0.615. The number of nitrogens with one attached hydrogen (secondary N) is 1. The van der Waals surface area contributed by atoms with Gasteiger partial charge in [-0.05, 0) is 38.3 Å². The average molecular weight is 261 g/mol. The Balaban J connectivity index is 1.95. The summed E-state index contributed by atoms with van der Waals surface area (Å²) in [6.07, 6.45) is 9.66. The summed E-state index contributed by atoms with van der Waals surface area (Å²) in [5, 5.41) is 3.64. The molecule has 3 heteroatoms. The largest absolute Gasteiger partial charge is 0.380 e. The van der Waals surface area contributed by atoms with Gasteiger partial charge in [-0.2, -0.15) is 0 Å².